The van der Waals surface area contributed by atoms with Gasteiger partial charge in [0.05, 0.1) is 0 Å². The molecule has 1 fully saturated rings. The summed E-state index contributed by atoms with van der Waals surface area (Å²) < 4.78 is 4.88. The molecular formula is C15H20N6O2. The van der Waals surface area contributed by atoms with E-state index in [1.54, 1.807) is 19.3 Å². The van der Waals surface area contributed by atoms with E-state index in [2.05, 4.69) is 30.7 Å². The van der Waals surface area contributed by atoms with Gasteiger partial charge in [-0.05, 0) is 19.8 Å². The quantitative estimate of drug-likeness (QED) is 0.773. The Hall–Kier alpha value is -2.64. The second-order valence-electron chi connectivity index (χ2n) is 5.46. The number of anilines is 2. The van der Waals surface area contributed by atoms with E-state index >= 15 is 0 Å². The van der Waals surface area contributed by atoms with Crippen LogP contribution in [-0.4, -0.2) is 47.2 Å². The molecule has 1 saturated heterocycles. The zero-order valence-corrected chi connectivity index (χ0v) is 13.1. The molecule has 8 nitrogen and oxygen atoms in total. The Morgan fingerprint density at radius 1 is 1.26 bits per heavy atom. The van der Waals surface area contributed by atoms with Crippen molar-refractivity contribution in [2.45, 2.75) is 19.8 Å². The average molecular weight is 316 g/mol. The van der Waals surface area contributed by atoms with E-state index < -0.39 is 0 Å². The van der Waals surface area contributed by atoms with Gasteiger partial charge in [-0.3, -0.25) is 4.79 Å². The maximum atomic E-state index is 11.8. The van der Waals surface area contributed by atoms with Gasteiger partial charge < -0.3 is 20.1 Å². The van der Waals surface area contributed by atoms with Crippen molar-refractivity contribution in [1.82, 2.24) is 20.4 Å². The molecule has 1 aliphatic heterocycles. The van der Waals surface area contributed by atoms with Crippen LogP contribution in [0.2, 0.25) is 0 Å². The van der Waals surface area contributed by atoms with Crippen LogP contribution in [-0.2, 0) is 0 Å². The molecule has 3 heterocycles. The molecule has 2 aromatic rings. The Labute approximate surface area is 134 Å². The molecule has 0 bridgehead atoms. The smallest absolute Gasteiger partial charge is 0.273 e. The van der Waals surface area contributed by atoms with Gasteiger partial charge in [0.25, 0.3) is 5.91 Å². The molecule has 0 saturated carbocycles. The van der Waals surface area contributed by atoms with E-state index in [1.807, 2.05) is 6.07 Å². The van der Waals surface area contributed by atoms with Gasteiger partial charge in [0.2, 0.25) is 0 Å². The van der Waals surface area contributed by atoms with Crippen molar-refractivity contribution >= 4 is 17.5 Å². The minimum absolute atomic E-state index is 0.246. The summed E-state index contributed by atoms with van der Waals surface area (Å²) in [5, 5.41) is 9.63. The van der Waals surface area contributed by atoms with E-state index in [-0.39, 0.29) is 5.91 Å². The van der Waals surface area contributed by atoms with Crippen molar-refractivity contribution < 1.29 is 9.32 Å². The third-order valence-electron chi connectivity index (χ3n) is 3.66. The molecule has 2 N–H and O–H groups in total. The highest BCUT2D eigenvalue weighted by Gasteiger charge is 2.14. The first-order chi connectivity index (χ1) is 11.2. The maximum absolute atomic E-state index is 11.8. The van der Waals surface area contributed by atoms with Crippen LogP contribution in [0.3, 0.4) is 0 Å². The fourth-order valence-corrected chi connectivity index (χ4v) is 2.49. The van der Waals surface area contributed by atoms with Gasteiger partial charge in [-0.15, -0.1) is 0 Å². The van der Waals surface area contributed by atoms with Crippen molar-refractivity contribution in [3.05, 3.63) is 29.9 Å². The molecule has 0 atom stereocenters. The summed E-state index contributed by atoms with van der Waals surface area (Å²) in [6.07, 6.45) is 3.98. The summed E-state index contributed by atoms with van der Waals surface area (Å²) in [7, 11) is 0. The molecule has 2 aromatic heterocycles. The van der Waals surface area contributed by atoms with Gasteiger partial charge in [-0.1, -0.05) is 5.16 Å². The van der Waals surface area contributed by atoms with Crippen LogP contribution in [0, 0.1) is 6.92 Å². The van der Waals surface area contributed by atoms with Crippen LogP contribution in [0.4, 0.5) is 11.6 Å². The number of rotatable bonds is 6. The Morgan fingerprint density at radius 3 is 2.83 bits per heavy atom. The topological polar surface area (TPSA) is 96.2 Å². The largest absolute Gasteiger partial charge is 0.368 e. The van der Waals surface area contributed by atoms with E-state index in [4.69, 9.17) is 4.52 Å². The Balaban J connectivity index is 1.45. The molecule has 1 aliphatic rings. The van der Waals surface area contributed by atoms with Crippen molar-refractivity contribution in [3.63, 3.8) is 0 Å². The Kier molecular flexibility index (Phi) is 4.70. The molecular weight excluding hydrogens is 296 g/mol. The predicted octanol–water partition coefficient (Wildman–Crippen LogP) is 1.22. The summed E-state index contributed by atoms with van der Waals surface area (Å²) in [4.78, 5) is 22.6. The normalized spacial score (nSPS) is 14.0. The monoisotopic (exact) mass is 316 g/mol. The summed E-state index contributed by atoms with van der Waals surface area (Å²) in [6.45, 7) is 4.87. The first-order valence-electron chi connectivity index (χ1n) is 7.75. The maximum Gasteiger partial charge on any atom is 0.273 e. The van der Waals surface area contributed by atoms with Gasteiger partial charge in [0.15, 0.2) is 5.69 Å². The molecule has 0 unspecified atom stereocenters. The van der Waals surface area contributed by atoms with Crippen molar-refractivity contribution in [2.75, 3.05) is 36.4 Å². The van der Waals surface area contributed by atoms with Crippen LogP contribution in [0.15, 0.2) is 23.0 Å². The van der Waals surface area contributed by atoms with Gasteiger partial charge in [0, 0.05) is 38.3 Å². The Bertz CT molecular complexity index is 665. The first kappa shape index (κ1) is 15.3. The molecule has 3 rings (SSSR count). The molecule has 1 amide bonds. The number of hydrogen-bond donors (Lipinski definition) is 2. The fraction of sp³-hybridized carbons (Fsp3) is 0.467. The lowest BCUT2D eigenvalue weighted by atomic mass is 10.3. The molecule has 122 valence electrons. The second-order valence-corrected chi connectivity index (χ2v) is 5.46. The van der Waals surface area contributed by atoms with Crippen LogP contribution >= 0.6 is 0 Å². The van der Waals surface area contributed by atoms with Gasteiger partial charge in [0.1, 0.15) is 23.7 Å². The van der Waals surface area contributed by atoms with Crippen molar-refractivity contribution in [2.24, 2.45) is 0 Å². The highest BCUT2D eigenvalue weighted by Crippen LogP contribution is 2.18. The number of amides is 1. The number of carbonyl (C=O) groups excluding carboxylic acids is 1. The molecule has 0 spiro atoms. The zero-order valence-electron chi connectivity index (χ0n) is 13.1. The number of aromatic nitrogens is 3. The summed E-state index contributed by atoms with van der Waals surface area (Å²) in [5.74, 6) is 2.07. The van der Waals surface area contributed by atoms with Gasteiger partial charge in [-0.25, -0.2) is 9.97 Å². The molecule has 8 heteroatoms. The number of nitrogens with one attached hydrogen (secondary N) is 2. The van der Waals surface area contributed by atoms with Gasteiger partial charge in [-0.2, -0.15) is 0 Å². The predicted molar refractivity (Wildman–Crippen MR) is 85.5 cm³/mol. The van der Waals surface area contributed by atoms with Gasteiger partial charge >= 0.3 is 0 Å². The number of carbonyl (C=O) groups is 1. The molecule has 0 radical (unpaired) electrons. The van der Waals surface area contributed by atoms with Crippen LogP contribution in [0.1, 0.15) is 29.1 Å². The summed E-state index contributed by atoms with van der Waals surface area (Å²) >= 11 is 0. The van der Waals surface area contributed by atoms with E-state index in [9.17, 15) is 4.79 Å². The fourth-order valence-electron chi connectivity index (χ4n) is 2.49. The standard InChI is InChI=1S/C15H20N6O2/c1-11-8-12(20-23-11)15(22)17-5-4-16-13-9-14(19-10-18-13)21-6-2-3-7-21/h8-10H,2-7H2,1H3,(H,17,22)(H,16,18,19). The lowest BCUT2D eigenvalue weighted by Gasteiger charge is -2.16. The highest BCUT2D eigenvalue weighted by atomic mass is 16.5. The minimum Gasteiger partial charge on any atom is -0.368 e. The Morgan fingerprint density at radius 2 is 2.09 bits per heavy atom. The second kappa shape index (κ2) is 7.08. The zero-order chi connectivity index (χ0) is 16.1. The third kappa shape index (κ3) is 3.97. The van der Waals surface area contributed by atoms with E-state index in [1.165, 1.54) is 12.8 Å². The number of hydrogen-bond acceptors (Lipinski definition) is 7. The molecule has 23 heavy (non-hydrogen) atoms. The third-order valence-corrected chi connectivity index (χ3v) is 3.66. The van der Waals surface area contributed by atoms with Crippen molar-refractivity contribution in [3.8, 4) is 0 Å². The first-order valence-corrected chi connectivity index (χ1v) is 7.75. The average Bonchev–Trinajstić information content (AvgIpc) is 3.23. The van der Waals surface area contributed by atoms with E-state index in [0.29, 0.717) is 24.5 Å². The lowest BCUT2D eigenvalue weighted by Crippen LogP contribution is -2.29. The summed E-state index contributed by atoms with van der Waals surface area (Å²) in [6, 6.07) is 3.55. The highest BCUT2D eigenvalue weighted by molar-refractivity contribution is 5.92. The summed E-state index contributed by atoms with van der Waals surface area (Å²) in [5.41, 5.74) is 0.292. The molecule has 0 aromatic carbocycles. The lowest BCUT2D eigenvalue weighted by molar-refractivity contribution is 0.0946. The van der Waals surface area contributed by atoms with E-state index in [0.717, 1.165) is 24.7 Å². The number of aryl methyl sites for hydroxylation is 1. The van der Waals surface area contributed by atoms with Crippen molar-refractivity contribution in [1.29, 1.82) is 0 Å². The van der Waals surface area contributed by atoms with Crippen LogP contribution in [0.5, 0.6) is 0 Å². The SMILES string of the molecule is Cc1cc(C(=O)NCCNc2cc(N3CCCC3)ncn2)no1. The minimum atomic E-state index is -0.246. The molecule has 0 aliphatic carbocycles. The van der Waals surface area contributed by atoms with Crippen LogP contribution < -0.4 is 15.5 Å². The number of nitrogens with zero attached hydrogens (tertiary/aromatic N) is 4. The van der Waals surface area contributed by atoms with Crippen LogP contribution in [0.25, 0.3) is 0 Å².